The van der Waals surface area contributed by atoms with E-state index in [2.05, 4.69) is 15.1 Å². The van der Waals surface area contributed by atoms with Gasteiger partial charge in [-0.3, -0.25) is 4.90 Å². The zero-order valence-corrected chi connectivity index (χ0v) is 11.7. The van der Waals surface area contributed by atoms with Crippen LogP contribution in [0.4, 0.5) is 0 Å². The number of hydrogen-bond donors (Lipinski definition) is 1. The molecular formula is C11H13N3O2S2. The van der Waals surface area contributed by atoms with E-state index in [9.17, 15) is 4.79 Å². The topological polar surface area (TPSA) is 66.3 Å². The molecule has 7 heteroatoms. The van der Waals surface area contributed by atoms with Crippen LogP contribution in [0.1, 0.15) is 24.6 Å². The summed E-state index contributed by atoms with van der Waals surface area (Å²) in [7, 11) is 1.98. The summed E-state index contributed by atoms with van der Waals surface area (Å²) >= 11 is 2.89. The van der Waals surface area contributed by atoms with E-state index in [1.807, 2.05) is 20.0 Å². The van der Waals surface area contributed by atoms with Gasteiger partial charge in [-0.1, -0.05) is 0 Å². The molecule has 2 rings (SSSR count). The van der Waals surface area contributed by atoms with Gasteiger partial charge in [0.2, 0.25) is 0 Å². The fourth-order valence-electron chi connectivity index (χ4n) is 1.53. The normalized spacial score (nSPS) is 11.1. The van der Waals surface area contributed by atoms with Gasteiger partial charge in [0.15, 0.2) is 0 Å². The van der Waals surface area contributed by atoms with E-state index in [1.54, 1.807) is 17.4 Å². The molecule has 0 bridgehead atoms. The number of carboxylic acid groups (broad SMARTS) is 1. The lowest BCUT2D eigenvalue weighted by Crippen LogP contribution is -2.16. The van der Waals surface area contributed by atoms with Crippen LogP contribution in [0.25, 0.3) is 0 Å². The zero-order chi connectivity index (χ0) is 13.1. The van der Waals surface area contributed by atoms with Gasteiger partial charge in [-0.2, -0.15) is 0 Å². The molecule has 0 spiro atoms. The van der Waals surface area contributed by atoms with Crippen LogP contribution in [0.2, 0.25) is 0 Å². The van der Waals surface area contributed by atoms with Crippen LogP contribution >= 0.6 is 22.7 Å². The van der Waals surface area contributed by atoms with E-state index in [4.69, 9.17) is 5.11 Å². The molecule has 0 saturated heterocycles. The zero-order valence-electron chi connectivity index (χ0n) is 10.1. The Morgan fingerprint density at radius 1 is 1.33 bits per heavy atom. The van der Waals surface area contributed by atoms with Crippen LogP contribution in [0, 0.1) is 6.92 Å². The van der Waals surface area contributed by atoms with Gasteiger partial charge in [0, 0.05) is 11.4 Å². The minimum atomic E-state index is -0.867. The number of carbonyl (C=O) groups is 1. The molecular weight excluding hydrogens is 270 g/mol. The van der Waals surface area contributed by atoms with Gasteiger partial charge in [-0.15, -0.1) is 32.9 Å². The van der Waals surface area contributed by atoms with Gasteiger partial charge in [0.05, 0.1) is 6.54 Å². The molecule has 5 nitrogen and oxygen atoms in total. The van der Waals surface area contributed by atoms with Crippen molar-refractivity contribution in [1.29, 1.82) is 0 Å². The first kappa shape index (κ1) is 13.1. The van der Waals surface area contributed by atoms with Crippen LogP contribution in [0.15, 0.2) is 12.1 Å². The summed E-state index contributed by atoms with van der Waals surface area (Å²) < 4.78 is 0. The predicted molar refractivity (Wildman–Crippen MR) is 71.1 cm³/mol. The number of aromatic nitrogens is 2. The van der Waals surface area contributed by atoms with Crippen molar-refractivity contribution in [3.05, 3.63) is 31.9 Å². The number of nitrogens with zero attached hydrogens (tertiary/aromatic N) is 3. The first-order chi connectivity index (χ1) is 8.54. The summed E-state index contributed by atoms with van der Waals surface area (Å²) in [5, 5.41) is 18.8. The minimum absolute atomic E-state index is 0.380. The number of aromatic carboxylic acids is 1. The van der Waals surface area contributed by atoms with Crippen LogP contribution < -0.4 is 0 Å². The maximum atomic E-state index is 10.8. The molecule has 0 amide bonds. The number of aryl methyl sites for hydroxylation is 1. The van der Waals surface area contributed by atoms with Crippen molar-refractivity contribution in [2.45, 2.75) is 20.0 Å². The predicted octanol–water partition coefficient (Wildman–Crippen LogP) is 2.24. The lowest BCUT2D eigenvalue weighted by Gasteiger charge is -2.12. The highest BCUT2D eigenvalue weighted by Gasteiger charge is 2.10. The van der Waals surface area contributed by atoms with Crippen molar-refractivity contribution in [3.8, 4) is 0 Å². The van der Waals surface area contributed by atoms with Crippen LogP contribution in [0.5, 0.6) is 0 Å². The highest BCUT2D eigenvalue weighted by atomic mass is 32.1. The summed E-state index contributed by atoms with van der Waals surface area (Å²) in [6.07, 6.45) is 0. The van der Waals surface area contributed by atoms with Gasteiger partial charge < -0.3 is 5.11 Å². The van der Waals surface area contributed by atoms with Crippen molar-refractivity contribution in [2.24, 2.45) is 0 Å². The molecule has 2 heterocycles. The molecule has 0 atom stereocenters. The second-order valence-corrected chi connectivity index (χ2v) is 6.39. The Bertz CT molecular complexity index is 550. The highest BCUT2D eigenvalue weighted by Crippen LogP contribution is 2.19. The van der Waals surface area contributed by atoms with E-state index < -0.39 is 5.97 Å². The molecule has 18 heavy (non-hydrogen) atoms. The molecule has 0 saturated carbocycles. The van der Waals surface area contributed by atoms with Gasteiger partial charge in [0.1, 0.15) is 14.9 Å². The van der Waals surface area contributed by atoms with E-state index in [0.29, 0.717) is 4.88 Å². The highest BCUT2D eigenvalue weighted by molar-refractivity contribution is 7.13. The number of thiophene rings is 1. The third-order valence-electron chi connectivity index (χ3n) is 2.27. The fraction of sp³-hybridized carbons (Fsp3) is 0.364. The standard InChI is InChI=1S/C11H13N3O2S2/c1-7-12-13-10(17-7)6-14(2)5-8-3-4-9(18-8)11(15)16/h3-4H,5-6H2,1-2H3,(H,15,16). The third-order valence-corrected chi connectivity index (χ3v) is 4.15. The average molecular weight is 283 g/mol. The largest absolute Gasteiger partial charge is 0.477 e. The first-order valence-electron chi connectivity index (χ1n) is 5.34. The molecule has 1 N–H and O–H groups in total. The Morgan fingerprint density at radius 3 is 2.67 bits per heavy atom. The Hall–Kier alpha value is -1.31. The van der Waals surface area contributed by atoms with E-state index >= 15 is 0 Å². The molecule has 2 aromatic heterocycles. The first-order valence-corrected chi connectivity index (χ1v) is 6.97. The summed E-state index contributed by atoms with van der Waals surface area (Å²) in [4.78, 5) is 14.3. The Balaban J connectivity index is 1.94. The van der Waals surface area contributed by atoms with E-state index in [-0.39, 0.29) is 0 Å². The lowest BCUT2D eigenvalue weighted by atomic mass is 10.4. The molecule has 0 aromatic carbocycles. The fourth-order valence-corrected chi connectivity index (χ4v) is 3.25. The van der Waals surface area contributed by atoms with Gasteiger partial charge in [0.25, 0.3) is 0 Å². The molecule has 0 unspecified atom stereocenters. The van der Waals surface area contributed by atoms with Crippen LogP contribution in [-0.2, 0) is 13.1 Å². The molecule has 0 aliphatic carbocycles. The SMILES string of the molecule is Cc1nnc(CN(C)Cc2ccc(C(=O)O)s2)s1. The van der Waals surface area contributed by atoms with Crippen molar-refractivity contribution in [1.82, 2.24) is 15.1 Å². The third kappa shape index (κ3) is 3.34. The van der Waals surface area contributed by atoms with E-state index in [1.165, 1.54) is 11.3 Å². The summed E-state index contributed by atoms with van der Waals surface area (Å²) in [5.74, 6) is -0.867. The van der Waals surface area contributed by atoms with Crippen molar-refractivity contribution in [3.63, 3.8) is 0 Å². The quantitative estimate of drug-likeness (QED) is 0.911. The Labute approximate surface area is 113 Å². The molecule has 0 fully saturated rings. The van der Waals surface area contributed by atoms with E-state index in [0.717, 1.165) is 28.0 Å². The maximum Gasteiger partial charge on any atom is 0.345 e. The number of rotatable bonds is 5. The van der Waals surface area contributed by atoms with Crippen molar-refractivity contribution < 1.29 is 9.90 Å². The van der Waals surface area contributed by atoms with Gasteiger partial charge in [-0.25, -0.2) is 4.79 Å². The van der Waals surface area contributed by atoms with Crippen molar-refractivity contribution >= 4 is 28.6 Å². The summed E-state index contributed by atoms with van der Waals surface area (Å²) in [6.45, 7) is 3.38. The monoisotopic (exact) mass is 283 g/mol. The second kappa shape index (κ2) is 5.55. The number of carboxylic acids is 1. The van der Waals surface area contributed by atoms with Crippen LogP contribution in [-0.4, -0.2) is 33.2 Å². The summed E-state index contributed by atoms with van der Waals surface area (Å²) in [5.41, 5.74) is 0. The maximum absolute atomic E-state index is 10.8. The van der Waals surface area contributed by atoms with Gasteiger partial charge >= 0.3 is 5.97 Å². The second-order valence-electron chi connectivity index (χ2n) is 3.96. The van der Waals surface area contributed by atoms with Crippen LogP contribution in [0.3, 0.4) is 0 Å². The van der Waals surface area contributed by atoms with Crippen molar-refractivity contribution in [2.75, 3.05) is 7.05 Å². The van der Waals surface area contributed by atoms with Gasteiger partial charge in [-0.05, 0) is 26.1 Å². The molecule has 0 aliphatic heterocycles. The summed E-state index contributed by atoms with van der Waals surface area (Å²) in [6, 6.07) is 3.50. The average Bonchev–Trinajstić information content (AvgIpc) is 2.88. The molecule has 96 valence electrons. The Kier molecular flexibility index (Phi) is 4.05. The molecule has 2 aromatic rings. The minimum Gasteiger partial charge on any atom is -0.477 e. The lowest BCUT2D eigenvalue weighted by molar-refractivity contribution is 0.0702. The molecule has 0 radical (unpaired) electrons. The molecule has 0 aliphatic rings. The smallest absolute Gasteiger partial charge is 0.345 e. The Morgan fingerprint density at radius 2 is 2.11 bits per heavy atom. The number of hydrogen-bond acceptors (Lipinski definition) is 6.